The van der Waals surface area contributed by atoms with Crippen molar-refractivity contribution in [2.75, 3.05) is 12.3 Å². The number of rotatable bonds is 2. The first kappa shape index (κ1) is 15.6. The zero-order valence-corrected chi connectivity index (χ0v) is 12.4. The number of sulfonamides is 1. The van der Waals surface area contributed by atoms with Gasteiger partial charge in [-0.2, -0.15) is 0 Å². The van der Waals surface area contributed by atoms with Crippen LogP contribution in [-0.4, -0.2) is 37.8 Å². The Bertz CT molecular complexity index is 809. The van der Waals surface area contributed by atoms with Gasteiger partial charge in [-0.3, -0.25) is 0 Å². The van der Waals surface area contributed by atoms with E-state index in [4.69, 9.17) is 0 Å². The van der Waals surface area contributed by atoms with Gasteiger partial charge in [0.15, 0.2) is 0 Å². The van der Waals surface area contributed by atoms with Gasteiger partial charge in [0.25, 0.3) is 10.0 Å². The Morgan fingerprint density at radius 1 is 1.17 bits per heavy atom. The van der Waals surface area contributed by atoms with Gasteiger partial charge in [-0.15, -0.1) is 17.6 Å². The minimum absolute atomic E-state index is 0.114. The van der Waals surface area contributed by atoms with Crippen LogP contribution in [-0.2, 0) is 10.0 Å². The number of amidine groups is 1. The van der Waals surface area contributed by atoms with Crippen molar-refractivity contribution >= 4 is 21.6 Å². The quantitative estimate of drug-likeness (QED) is 0.827. The molecule has 23 heavy (non-hydrogen) atoms. The molecule has 0 spiro atoms. The van der Waals surface area contributed by atoms with Crippen LogP contribution in [0.3, 0.4) is 0 Å². The number of fused-ring (bicyclic) bond motifs is 1. The lowest BCUT2D eigenvalue weighted by Gasteiger charge is -2.31. The van der Waals surface area contributed by atoms with Crippen LogP contribution in [0.15, 0.2) is 46.9 Å². The van der Waals surface area contributed by atoms with E-state index in [0.717, 1.165) is 0 Å². The first-order chi connectivity index (χ1) is 10.7. The van der Waals surface area contributed by atoms with Crippen LogP contribution in [0.4, 0.5) is 13.2 Å². The van der Waals surface area contributed by atoms with Crippen molar-refractivity contribution in [1.82, 2.24) is 4.90 Å². The lowest BCUT2D eigenvalue weighted by atomic mass is 10.1. The largest absolute Gasteiger partial charge is 0.573 e. The summed E-state index contributed by atoms with van der Waals surface area (Å²) in [6, 6.07) is 5.37. The molecule has 0 aliphatic carbocycles. The third-order valence-corrected chi connectivity index (χ3v) is 4.42. The van der Waals surface area contributed by atoms with E-state index in [0.29, 0.717) is 17.1 Å². The van der Waals surface area contributed by atoms with E-state index in [2.05, 4.69) is 9.13 Å². The van der Waals surface area contributed by atoms with Crippen LogP contribution < -0.4 is 4.74 Å². The normalized spacial score (nSPS) is 19.7. The highest BCUT2D eigenvalue weighted by Gasteiger charge is 2.31. The maximum atomic E-state index is 12.2. The molecule has 0 radical (unpaired) electrons. The fourth-order valence-corrected chi connectivity index (χ4v) is 3.27. The highest BCUT2D eigenvalue weighted by atomic mass is 32.2. The lowest BCUT2D eigenvalue weighted by molar-refractivity contribution is -0.274. The molecule has 0 unspecified atom stereocenters. The summed E-state index contributed by atoms with van der Waals surface area (Å²) < 4.78 is 67.1. The number of hydrogen-bond donors (Lipinski definition) is 0. The fourth-order valence-electron chi connectivity index (χ4n) is 2.32. The van der Waals surface area contributed by atoms with Crippen molar-refractivity contribution in [3.63, 3.8) is 0 Å². The summed E-state index contributed by atoms with van der Waals surface area (Å²) in [7, 11) is -3.46. The standard InChI is InChI=1S/C14H11F3N2O3S/c15-14(16,17)22-11-6-4-10(5-7-11)12-2-1-3-13-18-23(20,21)9-8-19(12)13/h1-7H,8-9H2. The zero-order chi connectivity index (χ0) is 16.7. The number of alkyl halides is 3. The molecular weight excluding hydrogens is 333 g/mol. The van der Waals surface area contributed by atoms with E-state index < -0.39 is 16.4 Å². The number of ether oxygens (including phenoxy) is 1. The van der Waals surface area contributed by atoms with Crippen molar-refractivity contribution in [3.8, 4) is 5.75 Å². The number of halogens is 3. The van der Waals surface area contributed by atoms with Crippen LogP contribution in [0.2, 0.25) is 0 Å². The molecule has 2 aliphatic rings. The van der Waals surface area contributed by atoms with Gasteiger partial charge in [0.05, 0.1) is 5.75 Å². The third kappa shape index (κ3) is 3.55. The Labute approximate surface area is 130 Å². The Kier molecular flexibility index (Phi) is 3.67. The molecule has 2 heterocycles. The second-order valence-electron chi connectivity index (χ2n) is 4.87. The maximum absolute atomic E-state index is 12.2. The molecule has 0 fully saturated rings. The number of hydrogen-bond acceptors (Lipinski definition) is 4. The van der Waals surface area contributed by atoms with Gasteiger partial charge in [0.1, 0.15) is 11.6 Å². The van der Waals surface area contributed by atoms with Crippen LogP contribution in [0.1, 0.15) is 5.56 Å². The van der Waals surface area contributed by atoms with Gasteiger partial charge in [-0.25, -0.2) is 8.42 Å². The van der Waals surface area contributed by atoms with Gasteiger partial charge in [0.2, 0.25) is 0 Å². The van der Waals surface area contributed by atoms with Gasteiger partial charge in [-0.1, -0.05) is 6.08 Å². The van der Waals surface area contributed by atoms with E-state index >= 15 is 0 Å². The second-order valence-corrected chi connectivity index (χ2v) is 6.63. The fraction of sp³-hybridized carbons (Fsp3) is 0.214. The van der Waals surface area contributed by atoms with Crippen molar-refractivity contribution in [1.29, 1.82) is 0 Å². The summed E-state index contributed by atoms with van der Waals surface area (Å²) >= 11 is 0. The Morgan fingerprint density at radius 2 is 1.87 bits per heavy atom. The molecule has 3 rings (SSSR count). The minimum atomic E-state index is -4.74. The predicted octanol–water partition coefficient (Wildman–Crippen LogP) is 2.54. The molecule has 9 heteroatoms. The van der Waals surface area contributed by atoms with E-state index in [1.54, 1.807) is 23.1 Å². The monoisotopic (exact) mass is 344 g/mol. The number of benzene rings is 1. The molecule has 0 aromatic heterocycles. The van der Waals surface area contributed by atoms with Crippen molar-refractivity contribution in [3.05, 3.63) is 48.1 Å². The van der Waals surface area contributed by atoms with Gasteiger partial charge >= 0.3 is 6.36 Å². The average molecular weight is 344 g/mol. The molecular formula is C14H11F3N2O3S. The summed E-state index contributed by atoms with van der Waals surface area (Å²) in [5.41, 5.74) is 1.30. The molecule has 5 nitrogen and oxygen atoms in total. The summed E-state index contributed by atoms with van der Waals surface area (Å²) in [5.74, 6) is -0.135. The Morgan fingerprint density at radius 3 is 2.52 bits per heavy atom. The maximum Gasteiger partial charge on any atom is 0.573 e. The first-order valence-electron chi connectivity index (χ1n) is 6.58. The smallest absolute Gasteiger partial charge is 0.406 e. The second kappa shape index (κ2) is 5.41. The molecule has 0 atom stereocenters. The molecule has 0 saturated heterocycles. The highest BCUT2D eigenvalue weighted by molar-refractivity contribution is 7.90. The van der Waals surface area contributed by atoms with Gasteiger partial charge < -0.3 is 9.64 Å². The summed E-state index contributed by atoms with van der Waals surface area (Å²) in [4.78, 5) is 1.71. The molecule has 0 N–H and O–H groups in total. The van der Waals surface area contributed by atoms with Crippen molar-refractivity contribution in [2.24, 2.45) is 4.40 Å². The minimum Gasteiger partial charge on any atom is -0.406 e. The van der Waals surface area contributed by atoms with Gasteiger partial charge in [0, 0.05) is 12.2 Å². The molecule has 0 saturated carbocycles. The van der Waals surface area contributed by atoms with Gasteiger partial charge in [-0.05, 0) is 42.0 Å². The molecule has 2 aliphatic heterocycles. The van der Waals surface area contributed by atoms with Crippen LogP contribution in [0, 0.1) is 0 Å². The molecule has 122 valence electrons. The lowest BCUT2D eigenvalue weighted by Crippen LogP contribution is -2.38. The Hall–Kier alpha value is -2.29. The number of nitrogens with zero attached hydrogens (tertiary/aromatic N) is 2. The highest BCUT2D eigenvalue weighted by Crippen LogP contribution is 2.29. The average Bonchev–Trinajstić information content (AvgIpc) is 2.44. The van der Waals surface area contributed by atoms with E-state index in [1.165, 1.54) is 24.3 Å². The van der Waals surface area contributed by atoms with Crippen LogP contribution >= 0.6 is 0 Å². The SMILES string of the molecule is O=S1(=O)CCN2C(c3ccc(OC(F)(F)F)cc3)=CC=CC2=N1. The van der Waals surface area contributed by atoms with Crippen LogP contribution in [0.5, 0.6) is 5.75 Å². The van der Waals surface area contributed by atoms with E-state index in [9.17, 15) is 21.6 Å². The van der Waals surface area contributed by atoms with Crippen molar-refractivity contribution in [2.45, 2.75) is 6.36 Å². The molecule has 0 amide bonds. The summed E-state index contributed by atoms with van der Waals surface area (Å²) in [6.07, 6.45) is 0.221. The molecule has 0 bridgehead atoms. The zero-order valence-electron chi connectivity index (χ0n) is 11.6. The summed E-state index contributed by atoms with van der Waals surface area (Å²) in [5, 5.41) is 0. The third-order valence-electron chi connectivity index (χ3n) is 3.26. The number of allylic oxidation sites excluding steroid dienone is 2. The first-order valence-corrected chi connectivity index (χ1v) is 8.19. The van der Waals surface area contributed by atoms with E-state index in [-0.39, 0.29) is 18.0 Å². The topological polar surface area (TPSA) is 59.0 Å². The predicted molar refractivity (Wildman–Crippen MR) is 78.2 cm³/mol. The summed E-state index contributed by atoms with van der Waals surface area (Å²) in [6.45, 7) is 0.234. The van der Waals surface area contributed by atoms with E-state index in [1.807, 2.05) is 0 Å². The Balaban J connectivity index is 1.88. The van der Waals surface area contributed by atoms with Crippen molar-refractivity contribution < 1.29 is 26.3 Å². The molecule has 1 aromatic carbocycles. The van der Waals surface area contributed by atoms with Crippen LogP contribution in [0.25, 0.3) is 5.70 Å². The molecule has 1 aromatic rings.